The molecule has 0 aliphatic heterocycles. The zero-order chi connectivity index (χ0) is 16.3. The third kappa shape index (κ3) is 3.87. The summed E-state index contributed by atoms with van der Waals surface area (Å²) in [6.45, 7) is 5.72. The van der Waals surface area contributed by atoms with Gasteiger partial charge in [0.05, 0.1) is 11.8 Å². The van der Waals surface area contributed by atoms with E-state index in [1.54, 1.807) is 35.9 Å². The van der Waals surface area contributed by atoms with Crippen molar-refractivity contribution in [3.63, 3.8) is 0 Å². The number of nitrogens with zero attached hydrogens (tertiary/aromatic N) is 2. The molecule has 1 heterocycles. The van der Waals surface area contributed by atoms with Gasteiger partial charge < -0.3 is 10.4 Å². The van der Waals surface area contributed by atoms with Crippen molar-refractivity contribution in [3.8, 4) is 0 Å². The molecule has 1 aromatic heterocycles. The first-order valence-electron chi connectivity index (χ1n) is 7.12. The lowest BCUT2D eigenvalue weighted by atomic mass is 10.1. The van der Waals surface area contributed by atoms with Crippen LogP contribution < -0.4 is 5.32 Å². The Bertz CT molecular complexity index is 652. The van der Waals surface area contributed by atoms with Crippen LogP contribution in [0, 0.1) is 13.8 Å². The van der Waals surface area contributed by atoms with Crippen LogP contribution in [0.3, 0.4) is 0 Å². The van der Waals surface area contributed by atoms with Crippen molar-refractivity contribution >= 4 is 17.5 Å². The molecule has 0 bridgehead atoms. The molecule has 6 heteroatoms. The predicted molar refractivity (Wildman–Crippen MR) is 85.8 cm³/mol. The van der Waals surface area contributed by atoms with Crippen molar-refractivity contribution in [3.05, 3.63) is 52.3 Å². The van der Waals surface area contributed by atoms with Crippen molar-refractivity contribution in [2.45, 2.75) is 32.9 Å². The van der Waals surface area contributed by atoms with Gasteiger partial charge in [0.1, 0.15) is 6.04 Å². The predicted octanol–water partition coefficient (Wildman–Crippen LogP) is 2.56. The summed E-state index contributed by atoms with van der Waals surface area (Å²) in [4.78, 5) is 12.2. The van der Waals surface area contributed by atoms with Gasteiger partial charge in [-0.3, -0.25) is 9.48 Å². The Labute approximate surface area is 134 Å². The summed E-state index contributed by atoms with van der Waals surface area (Å²) in [6.07, 6.45) is -0.770. The second-order valence-corrected chi connectivity index (χ2v) is 5.80. The Morgan fingerprint density at radius 1 is 1.36 bits per heavy atom. The van der Waals surface area contributed by atoms with Gasteiger partial charge in [0.2, 0.25) is 5.91 Å². The Balaban J connectivity index is 1.94. The maximum absolute atomic E-state index is 12.2. The lowest BCUT2D eigenvalue weighted by Crippen LogP contribution is -2.34. The lowest BCUT2D eigenvalue weighted by Gasteiger charge is -2.17. The number of rotatable bonds is 5. The minimum Gasteiger partial charge on any atom is -0.387 e. The van der Waals surface area contributed by atoms with Gasteiger partial charge in [0.25, 0.3) is 0 Å². The monoisotopic (exact) mass is 321 g/mol. The molecule has 0 radical (unpaired) electrons. The molecule has 1 aromatic carbocycles. The molecule has 2 aromatic rings. The third-order valence-corrected chi connectivity index (χ3v) is 3.77. The fraction of sp³-hybridized carbons (Fsp3) is 0.375. The van der Waals surface area contributed by atoms with Gasteiger partial charge in [-0.1, -0.05) is 23.7 Å². The summed E-state index contributed by atoms with van der Waals surface area (Å²) in [5.41, 5.74) is 2.51. The van der Waals surface area contributed by atoms with Gasteiger partial charge in [-0.25, -0.2) is 0 Å². The van der Waals surface area contributed by atoms with E-state index in [-0.39, 0.29) is 12.5 Å². The van der Waals surface area contributed by atoms with Crippen LogP contribution in [-0.2, 0) is 4.79 Å². The molecular weight excluding hydrogens is 302 g/mol. The maximum atomic E-state index is 12.2. The first-order chi connectivity index (χ1) is 10.4. The molecule has 0 saturated heterocycles. The van der Waals surface area contributed by atoms with Crippen LogP contribution in [0.4, 0.5) is 0 Å². The van der Waals surface area contributed by atoms with E-state index in [9.17, 15) is 9.90 Å². The number of hydrogen-bond acceptors (Lipinski definition) is 3. The third-order valence-electron chi connectivity index (χ3n) is 3.52. The highest BCUT2D eigenvalue weighted by Crippen LogP contribution is 2.16. The Hall–Kier alpha value is -1.85. The average Bonchev–Trinajstić information content (AvgIpc) is 2.83. The van der Waals surface area contributed by atoms with E-state index in [4.69, 9.17) is 11.6 Å². The Morgan fingerprint density at radius 2 is 2.00 bits per heavy atom. The molecule has 2 unspecified atom stereocenters. The topological polar surface area (TPSA) is 67.2 Å². The SMILES string of the molecule is Cc1cc(C)n(C(C)C(=O)NCC(O)c2ccc(Cl)cc2)n1. The zero-order valence-electron chi connectivity index (χ0n) is 12.9. The second kappa shape index (κ2) is 6.94. The van der Waals surface area contributed by atoms with E-state index in [0.29, 0.717) is 10.6 Å². The van der Waals surface area contributed by atoms with Crippen LogP contribution in [0.15, 0.2) is 30.3 Å². The van der Waals surface area contributed by atoms with E-state index in [1.807, 2.05) is 19.9 Å². The number of hydrogen-bond donors (Lipinski definition) is 2. The smallest absolute Gasteiger partial charge is 0.244 e. The average molecular weight is 322 g/mol. The van der Waals surface area contributed by atoms with Crippen molar-refractivity contribution in [2.24, 2.45) is 0 Å². The van der Waals surface area contributed by atoms with Crippen LogP contribution >= 0.6 is 11.6 Å². The largest absolute Gasteiger partial charge is 0.387 e. The maximum Gasteiger partial charge on any atom is 0.244 e. The number of aryl methyl sites for hydroxylation is 2. The highest BCUT2D eigenvalue weighted by atomic mass is 35.5. The quantitative estimate of drug-likeness (QED) is 0.889. The van der Waals surface area contributed by atoms with Crippen LogP contribution in [0.5, 0.6) is 0 Å². The summed E-state index contributed by atoms with van der Waals surface area (Å²) in [7, 11) is 0. The number of aliphatic hydroxyl groups is 1. The second-order valence-electron chi connectivity index (χ2n) is 5.36. The van der Waals surface area contributed by atoms with Crippen molar-refractivity contribution in [2.75, 3.05) is 6.54 Å². The van der Waals surface area contributed by atoms with Crippen LogP contribution in [0.25, 0.3) is 0 Å². The number of amides is 1. The molecule has 0 saturated carbocycles. The van der Waals surface area contributed by atoms with E-state index >= 15 is 0 Å². The number of halogens is 1. The van der Waals surface area contributed by atoms with Crippen molar-refractivity contribution in [1.29, 1.82) is 0 Å². The summed E-state index contributed by atoms with van der Waals surface area (Å²) in [6, 6.07) is 8.39. The molecule has 2 N–H and O–H groups in total. The number of aliphatic hydroxyl groups excluding tert-OH is 1. The lowest BCUT2D eigenvalue weighted by molar-refractivity contribution is -0.124. The fourth-order valence-electron chi connectivity index (χ4n) is 2.30. The first kappa shape index (κ1) is 16.5. The molecule has 118 valence electrons. The number of aromatic nitrogens is 2. The number of carbonyl (C=O) groups excluding carboxylic acids is 1. The van der Waals surface area contributed by atoms with Crippen LogP contribution in [-0.4, -0.2) is 27.3 Å². The van der Waals surface area contributed by atoms with Crippen LogP contribution in [0.1, 0.15) is 36.0 Å². The van der Waals surface area contributed by atoms with Gasteiger partial charge in [-0.2, -0.15) is 5.10 Å². The Kier molecular flexibility index (Phi) is 5.21. The Morgan fingerprint density at radius 3 is 2.55 bits per heavy atom. The van der Waals surface area contributed by atoms with Crippen molar-refractivity contribution in [1.82, 2.24) is 15.1 Å². The zero-order valence-corrected chi connectivity index (χ0v) is 13.6. The summed E-state index contributed by atoms with van der Waals surface area (Å²) in [5.74, 6) is -0.181. The molecular formula is C16H20ClN3O2. The summed E-state index contributed by atoms with van der Waals surface area (Å²) >= 11 is 5.81. The molecule has 0 aliphatic carbocycles. The minimum absolute atomic E-state index is 0.143. The van der Waals surface area contributed by atoms with E-state index < -0.39 is 12.1 Å². The fourth-order valence-corrected chi connectivity index (χ4v) is 2.42. The molecule has 1 amide bonds. The highest BCUT2D eigenvalue weighted by Gasteiger charge is 2.18. The first-order valence-corrected chi connectivity index (χ1v) is 7.50. The highest BCUT2D eigenvalue weighted by molar-refractivity contribution is 6.30. The van der Waals surface area contributed by atoms with E-state index in [0.717, 1.165) is 11.4 Å². The van der Waals surface area contributed by atoms with Crippen molar-refractivity contribution < 1.29 is 9.90 Å². The van der Waals surface area contributed by atoms with Gasteiger partial charge in [-0.05, 0) is 44.5 Å². The van der Waals surface area contributed by atoms with Crippen LogP contribution in [0.2, 0.25) is 5.02 Å². The molecule has 0 aliphatic rings. The molecule has 22 heavy (non-hydrogen) atoms. The normalized spacial score (nSPS) is 13.7. The van der Waals surface area contributed by atoms with Gasteiger partial charge in [0, 0.05) is 17.3 Å². The van der Waals surface area contributed by atoms with E-state index in [2.05, 4.69) is 10.4 Å². The standard InChI is InChI=1S/C16H20ClN3O2/c1-10-8-11(2)20(19-10)12(3)16(22)18-9-15(21)13-4-6-14(17)7-5-13/h4-8,12,15,21H,9H2,1-3H3,(H,18,22). The summed E-state index contributed by atoms with van der Waals surface area (Å²) < 4.78 is 1.68. The molecule has 0 spiro atoms. The number of benzene rings is 1. The number of carbonyl (C=O) groups is 1. The molecule has 0 fully saturated rings. The molecule has 2 atom stereocenters. The van der Waals surface area contributed by atoms with E-state index in [1.165, 1.54) is 0 Å². The number of nitrogens with one attached hydrogen (secondary N) is 1. The molecule has 2 rings (SSSR count). The summed E-state index contributed by atoms with van der Waals surface area (Å²) in [5, 5.41) is 17.8. The molecule has 5 nitrogen and oxygen atoms in total. The van der Waals surface area contributed by atoms with Gasteiger partial charge in [-0.15, -0.1) is 0 Å². The van der Waals surface area contributed by atoms with Gasteiger partial charge >= 0.3 is 0 Å². The van der Waals surface area contributed by atoms with Gasteiger partial charge in [0.15, 0.2) is 0 Å². The minimum atomic E-state index is -0.770.